The van der Waals surface area contributed by atoms with Crippen LogP contribution >= 0.6 is 22.7 Å². The second kappa shape index (κ2) is 9.73. The van der Waals surface area contributed by atoms with Gasteiger partial charge in [0.2, 0.25) is 0 Å². The van der Waals surface area contributed by atoms with Crippen LogP contribution in [0.3, 0.4) is 0 Å². The van der Waals surface area contributed by atoms with Gasteiger partial charge in [-0.25, -0.2) is 15.0 Å². The molecule has 0 radical (unpaired) electrons. The Labute approximate surface area is 215 Å². The number of pyridine rings is 1. The normalized spacial score (nSPS) is 13.8. The molecule has 36 heavy (non-hydrogen) atoms. The van der Waals surface area contributed by atoms with Crippen LogP contribution in [-0.2, 0) is 4.74 Å². The van der Waals surface area contributed by atoms with Crippen molar-refractivity contribution < 1.29 is 9.53 Å². The lowest BCUT2D eigenvalue weighted by atomic mass is 10.1. The maximum Gasteiger partial charge on any atom is 0.267 e. The molecule has 5 heterocycles. The van der Waals surface area contributed by atoms with Gasteiger partial charge in [0.15, 0.2) is 11.6 Å². The number of aryl methyl sites for hydroxylation is 1. The number of carbonyl (C=O) groups excluding carboxylic acids is 1. The Morgan fingerprint density at radius 1 is 1.03 bits per heavy atom. The van der Waals surface area contributed by atoms with Crippen LogP contribution in [0.4, 0.5) is 11.5 Å². The number of aromatic nitrogens is 4. The van der Waals surface area contributed by atoms with E-state index in [1.165, 1.54) is 11.3 Å². The van der Waals surface area contributed by atoms with Crippen LogP contribution in [0.25, 0.3) is 32.0 Å². The van der Waals surface area contributed by atoms with Gasteiger partial charge >= 0.3 is 0 Å². The molecule has 0 atom stereocenters. The van der Waals surface area contributed by atoms with Crippen LogP contribution in [0.15, 0.2) is 61.1 Å². The number of nitrogens with one attached hydrogen (secondary N) is 1. The van der Waals surface area contributed by atoms with E-state index < -0.39 is 0 Å². The van der Waals surface area contributed by atoms with Gasteiger partial charge in [0.25, 0.3) is 5.91 Å². The van der Waals surface area contributed by atoms with Gasteiger partial charge < -0.3 is 15.0 Å². The fraction of sp³-hybridized carbons (Fsp3) is 0.192. The SMILES string of the molecule is Cc1ncc(C(=O)Nc2cccc(-c3nc(N4CCOCC4)c4sc(-c5cccnc5)cc4n3)c2)s1. The van der Waals surface area contributed by atoms with E-state index >= 15 is 0 Å². The molecule has 8 nitrogen and oxygen atoms in total. The molecular weight excluding hydrogens is 492 g/mol. The summed E-state index contributed by atoms with van der Waals surface area (Å²) in [5.74, 6) is 1.35. The topological polar surface area (TPSA) is 93.1 Å². The molecule has 0 aliphatic carbocycles. The van der Waals surface area contributed by atoms with Gasteiger partial charge in [-0.05, 0) is 31.2 Å². The number of thiazole rings is 1. The Hall–Kier alpha value is -3.73. The Balaban J connectivity index is 1.40. The lowest BCUT2D eigenvalue weighted by molar-refractivity contribution is 0.103. The zero-order valence-corrected chi connectivity index (χ0v) is 21.1. The highest BCUT2D eigenvalue weighted by atomic mass is 32.1. The van der Waals surface area contributed by atoms with E-state index in [0.29, 0.717) is 29.6 Å². The largest absolute Gasteiger partial charge is 0.378 e. The molecule has 4 aromatic heterocycles. The summed E-state index contributed by atoms with van der Waals surface area (Å²) in [6.45, 7) is 4.76. The van der Waals surface area contributed by atoms with E-state index in [1.807, 2.05) is 43.5 Å². The maximum absolute atomic E-state index is 12.7. The zero-order valence-electron chi connectivity index (χ0n) is 19.5. The van der Waals surface area contributed by atoms with Crippen LogP contribution in [0.1, 0.15) is 14.7 Å². The number of benzene rings is 1. The molecule has 1 fully saturated rings. The number of rotatable bonds is 5. The summed E-state index contributed by atoms with van der Waals surface area (Å²) < 4.78 is 6.63. The van der Waals surface area contributed by atoms with Crippen LogP contribution in [0.2, 0.25) is 0 Å². The van der Waals surface area contributed by atoms with Crippen LogP contribution in [-0.4, -0.2) is 52.1 Å². The number of hydrogen-bond acceptors (Lipinski definition) is 9. The number of anilines is 2. The summed E-state index contributed by atoms with van der Waals surface area (Å²) in [5, 5.41) is 3.82. The number of carbonyl (C=O) groups is 1. The fourth-order valence-corrected chi connectivity index (χ4v) is 5.86. The molecule has 6 rings (SSSR count). The quantitative estimate of drug-likeness (QED) is 0.341. The average Bonchev–Trinajstić information content (AvgIpc) is 3.56. The molecule has 0 spiro atoms. The number of nitrogens with zero attached hydrogens (tertiary/aromatic N) is 5. The van der Waals surface area contributed by atoms with Gasteiger partial charge in [0, 0.05) is 47.2 Å². The molecule has 5 aromatic rings. The van der Waals surface area contributed by atoms with Crippen LogP contribution < -0.4 is 10.2 Å². The predicted octanol–water partition coefficient (Wildman–Crippen LogP) is 5.27. The number of ether oxygens (including phenoxy) is 1. The third kappa shape index (κ3) is 4.58. The van der Waals surface area contributed by atoms with E-state index in [1.54, 1.807) is 23.7 Å². The summed E-state index contributed by atoms with van der Waals surface area (Å²) in [7, 11) is 0. The van der Waals surface area contributed by atoms with Crippen molar-refractivity contribution in [1.29, 1.82) is 0 Å². The van der Waals surface area contributed by atoms with Crippen molar-refractivity contribution in [2.45, 2.75) is 6.92 Å². The molecule has 180 valence electrons. The summed E-state index contributed by atoms with van der Waals surface area (Å²) in [6, 6.07) is 13.7. The number of hydrogen-bond donors (Lipinski definition) is 1. The van der Waals surface area contributed by atoms with E-state index in [4.69, 9.17) is 14.7 Å². The monoisotopic (exact) mass is 514 g/mol. The molecular formula is C26H22N6O2S2. The van der Waals surface area contributed by atoms with E-state index in [-0.39, 0.29) is 5.91 Å². The molecule has 10 heteroatoms. The van der Waals surface area contributed by atoms with Gasteiger partial charge in [-0.15, -0.1) is 22.7 Å². The highest BCUT2D eigenvalue weighted by Crippen LogP contribution is 2.38. The molecule has 1 aromatic carbocycles. The first kappa shape index (κ1) is 22.7. The Kier molecular flexibility index (Phi) is 6.14. The van der Waals surface area contributed by atoms with E-state index in [2.05, 4.69) is 32.3 Å². The summed E-state index contributed by atoms with van der Waals surface area (Å²) in [5.41, 5.74) is 3.46. The van der Waals surface area contributed by atoms with Crippen LogP contribution in [0.5, 0.6) is 0 Å². The minimum absolute atomic E-state index is 0.179. The summed E-state index contributed by atoms with van der Waals surface area (Å²) in [4.78, 5) is 35.0. The van der Waals surface area contributed by atoms with Crippen molar-refractivity contribution in [2.75, 3.05) is 36.5 Å². The first-order chi connectivity index (χ1) is 17.6. The Morgan fingerprint density at radius 3 is 2.67 bits per heavy atom. The number of morpholine rings is 1. The molecule has 0 saturated carbocycles. The molecule has 0 bridgehead atoms. The molecule has 1 amide bonds. The highest BCUT2D eigenvalue weighted by molar-refractivity contribution is 7.22. The van der Waals surface area contributed by atoms with E-state index in [9.17, 15) is 4.79 Å². The first-order valence-electron chi connectivity index (χ1n) is 11.5. The highest BCUT2D eigenvalue weighted by Gasteiger charge is 2.21. The Bertz CT molecular complexity index is 1540. The minimum Gasteiger partial charge on any atom is -0.378 e. The third-order valence-electron chi connectivity index (χ3n) is 5.83. The molecule has 1 aliphatic heterocycles. The molecule has 1 aliphatic rings. The number of fused-ring (bicyclic) bond motifs is 1. The van der Waals surface area contributed by atoms with Crippen molar-refractivity contribution >= 4 is 50.3 Å². The second-order valence-electron chi connectivity index (χ2n) is 8.32. The number of amides is 1. The zero-order chi connectivity index (χ0) is 24.5. The van der Waals surface area contributed by atoms with Gasteiger partial charge in [0.05, 0.1) is 34.6 Å². The molecule has 1 saturated heterocycles. The van der Waals surface area contributed by atoms with Crippen molar-refractivity contribution in [3.8, 4) is 21.8 Å². The van der Waals surface area contributed by atoms with Gasteiger partial charge in [-0.1, -0.05) is 18.2 Å². The second-order valence-corrected chi connectivity index (χ2v) is 10.6. The summed E-state index contributed by atoms with van der Waals surface area (Å²) >= 11 is 3.04. The van der Waals surface area contributed by atoms with Crippen LogP contribution in [0, 0.1) is 6.92 Å². The van der Waals surface area contributed by atoms with Crippen molar-refractivity contribution in [2.24, 2.45) is 0 Å². The number of thiophene rings is 1. The van der Waals surface area contributed by atoms with Crippen molar-refractivity contribution in [3.05, 3.63) is 70.9 Å². The lowest BCUT2D eigenvalue weighted by Crippen LogP contribution is -2.36. The van der Waals surface area contributed by atoms with Gasteiger partial charge in [-0.2, -0.15) is 0 Å². The molecule has 1 N–H and O–H groups in total. The van der Waals surface area contributed by atoms with Crippen molar-refractivity contribution in [1.82, 2.24) is 19.9 Å². The lowest BCUT2D eigenvalue weighted by Gasteiger charge is -2.28. The van der Waals surface area contributed by atoms with Crippen molar-refractivity contribution in [3.63, 3.8) is 0 Å². The third-order valence-corrected chi connectivity index (χ3v) is 7.91. The maximum atomic E-state index is 12.7. The average molecular weight is 515 g/mol. The fourth-order valence-electron chi connectivity index (χ4n) is 4.08. The molecule has 0 unspecified atom stereocenters. The smallest absolute Gasteiger partial charge is 0.267 e. The predicted molar refractivity (Wildman–Crippen MR) is 144 cm³/mol. The summed E-state index contributed by atoms with van der Waals surface area (Å²) in [6.07, 6.45) is 5.24. The Morgan fingerprint density at radius 2 is 1.89 bits per heavy atom. The minimum atomic E-state index is -0.179. The van der Waals surface area contributed by atoms with Gasteiger partial charge in [-0.3, -0.25) is 9.78 Å². The van der Waals surface area contributed by atoms with Gasteiger partial charge in [0.1, 0.15) is 4.88 Å². The standard InChI is InChI=1S/C26H22N6O2S2/c1-16-28-15-22(35-16)26(33)29-19-6-2-4-17(12-19)24-30-20-13-21(18-5-3-7-27-14-18)36-23(20)25(31-24)32-8-10-34-11-9-32/h2-7,12-15H,8-11H2,1H3,(H,29,33). The van der Waals surface area contributed by atoms with E-state index in [0.717, 1.165) is 50.1 Å². The first-order valence-corrected chi connectivity index (χ1v) is 13.2.